The number of benzene rings is 2. The van der Waals surface area contributed by atoms with Crippen LogP contribution in [0.15, 0.2) is 47.4 Å². The lowest BCUT2D eigenvalue weighted by Crippen LogP contribution is -2.27. The molecule has 0 aliphatic rings. The predicted octanol–water partition coefficient (Wildman–Crippen LogP) is 2.54. The summed E-state index contributed by atoms with van der Waals surface area (Å²) in [4.78, 5) is 0.0395. The Kier molecular flexibility index (Phi) is 5.00. The van der Waals surface area contributed by atoms with Gasteiger partial charge in [0.15, 0.2) is 0 Å². The van der Waals surface area contributed by atoms with Gasteiger partial charge in [-0.05, 0) is 36.4 Å². The van der Waals surface area contributed by atoms with Crippen LogP contribution in [-0.2, 0) is 10.0 Å². The van der Waals surface area contributed by atoms with Gasteiger partial charge < -0.3 is 14.2 Å². The van der Waals surface area contributed by atoms with Gasteiger partial charge in [0.25, 0.3) is 10.0 Å². The normalized spacial score (nSPS) is 11.0. The zero-order chi connectivity index (χ0) is 17.0. The van der Waals surface area contributed by atoms with Crippen molar-refractivity contribution in [1.29, 1.82) is 0 Å². The molecule has 0 heterocycles. The van der Waals surface area contributed by atoms with Gasteiger partial charge in [0, 0.05) is 13.1 Å². The molecule has 2 aromatic rings. The van der Waals surface area contributed by atoms with E-state index in [1.54, 1.807) is 43.5 Å². The first kappa shape index (κ1) is 17.0. The summed E-state index contributed by atoms with van der Waals surface area (Å²) in [7, 11) is 2.14. The first-order valence-electron chi connectivity index (χ1n) is 6.79. The highest BCUT2D eigenvalue weighted by atomic mass is 32.2. The smallest absolute Gasteiger partial charge is 0.267 e. The summed E-state index contributed by atoms with van der Waals surface area (Å²) in [5, 5.41) is 0. The molecule has 0 saturated carbocycles. The van der Waals surface area contributed by atoms with Gasteiger partial charge in [-0.1, -0.05) is 0 Å². The van der Waals surface area contributed by atoms with Crippen molar-refractivity contribution in [2.24, 2.45) is 0 Å². The SMILES string of the molecule is COc1ccc(N(C)S(=O)(=O)c2cc(OC)ccc2OC)cc1. The molecule has 0 aliphatic carbocycles. The molecule has 0 saturated heterocycles. The molecule has 2 rings (SSSR count). The molecule has 6 nitrogen and oxygen atoms in total. The van der Waals surface area contributed by atoms with Crippen molar-refractivity contribution in [3.05, 3.63) is 42.5 Å². The van der Waals surface area contributed by atoms with Gasteiger partial charge in [-0.15, -0.1) is 0 Å². The van der Waals surface area contributed by atoms with Crippen LogP contribution in [0.2, 0.25) is 0 Å². The molecule has 23 heavy (non-hydrogen) atoms. The van der Waals surface area contributed by atoms with Crippen molar-refractivity contribution < 1.29 is 22.6 Å². The number of methoxy groups -OCH3 is 3. The van der Waals surface area contributed by atoms with Gasteiger partial charge in [0.05, 0.1) is 27.0 Å². The average Bonchev–Trinajstić information content (AvgIpc) is 2.60. The number of hydrogen-bond donors (Lipinski definition) is 0. The summed E-state index contributed by atoms with van der Waals surface area (Å²) < 4.78 is 42.3. The van der Waals surface area contributed by atoms with Crippen molar-refractivity contribution >= 4 is 15.7 Å². The van der Waals surface area contributed by atoms with Crippen LogP contribution in [0.4, 0.5) is 5.69 Å². The Morgan fingerprint density at radius 3 is 1.91 bits per heavy atom. The lowest BCUT2D eigenvalue weighted by atomic mass is 10.3. The number of hydrogen-bond acceptors (Lipinski definition) is 5. The second kappa shape index (κ2) is 6.78. The zero-order valence-electron chi connectivity index (χ0n) is 13.4. The van der Waals surface area contributed by atoms with Gasteiger partial charge in [0.2, 0.25) is 0 Å². The van der Waals surface area contributed by atoms with E-state index in [0.29, 0.717) is 17.2 Å². The fourth-order valence-corrected chi connectivity index (χ4v) is 3.43. The Balaban J connectivity index is 2.47. The molecule has 0 radical (unpaired) electrons. The maximum absolute atomic E-state index is 12.9. The van der Waals surface area contributed by atoms with Crippen LogP contribution in [-0.4, -0.2) is 36.8 Å². The molecule has 0 amide bonds. The Hall–Kier alpha value is -2.41. The monoisotopic (exact) mass is 337 g/mol. The molecule has 124 valence electrons. The Labute approximate surface area is 136 Å². The van der Waals surface area contributed by atoms with E-state index in [1.807, 2.05) is 0 Å². The number of ether oxygens (including phenoxy) is 3. The average molecular weight is 337 g/mol. The number of anilines is 1. The van der Waals surface area contributed by atoms with E-state index < -0.39 is 10.0 Å². The number of rotatable bonds is 6. The molecule has 2 aromatic carbocycles. The highest BCUT2D eigenvalue weighted by Crippen LogP contribution is 2.32. The molecule has 0 spiro atoms. The molecular formula is C16H19NO5S. The van der Waals surface area contributed by atoms with Crippen LogP contribution in [0.25, 0.3) is 0 Å². The summed E-state index contributed by atoms with van der Waals surface area (Å²) >= 11 is 0. The van der Waals surface area contributed by atoms with E-state index in [9.17, 15) is 8.42 Å². The Morgan fingerprint density at radius 1 is 0.826 bits per heavy atom. The van der Waals surface area contributed by atoms with Gasteiger partial charge in [-0.25, -0.2) is 8.42 Å². The molecule has 0 N–H and O–H groups in total. The summed E-state index contributed by atoms with van der Waals surface area (Å²) in [5.74, 6) is 1.34. The first-order valence-corrected chi connectivity index (χ1v) is 8.23. The van der Waals surface area contributed by atoms with Gasteiger partial charge in [-0.2, -0.15) is 0 Å². The highest BCUT2D eigenvalue weighted by molar-refractivity contribution is 7.92. The third-order valence-electron chi connectivity index (χ3n) is 3.45. The summed E-state index contributed by atoms with van der Waals surface area (Å²) in [5.41, 5.74) is 0.510. The fraction of sp³-hybridized carbons (Fsp3) is 0.250. The quantitative estimate of drug-likeness (QED) is 0.810. The molecule has 0 aliphatic heterocycles. The maximum Gasteiger partial charge on any atom is 0.267 e. The van der Waals surface area contributed by atoms with Crippen molar-refractivity contribution in [3.63, 3.8) is 0 Å². The minimum Gasteiger partial charge on any atom is -0.497 e. The van der Waals surface area contributed by atoms with Crippen molar-refractivity contribution in [2.45, 2.75) is 4.90 Å². The van der Waals surface area contributed by atoms with E-state index in [-0.39, 0.29) is 10.6 Å². The standard InChI is InChI=1S/C16H19NO5S/c1-17(12-5-7-13(20-2)8-6-12)23(18,19)16-11-14(21-3)9-10-15(16)22-4/h5-11H,1-4H3. The minimum atomic E-state index is -3.80. The van der Waals surface area contributed by atoms with Crippen LogP contribution in [0.1, 0.15) is 0 Å². The van der Waals surface area contributed by atoms with E-state index in [2.05, 4.69) is 0 Å². The van der Waals surface area contributed by atoms with Crippen LogP contribution in [0, 0.1) is 0 Å². The Bertz CT molecular complexity index is 772. The summed E-state index contributed by atoms with van der Waals surface area (Å²) in [6, 6.07) is 11.4. The van der Waals surface area contributed by atoms with Crippen LogP contribution in [0.5, 0.6) is 17.2 Å². The van der Waals surface area contributed by atoms with Gasteiger partial charge >= 0.3 is 0 Å². The van der Waals surface area contributed by atoms with E-state index in [1.165, 1.54) is 31.6 Å². The summed E-state index contributed by atoms with van der Waals surface area (Å²) in [6.45, 7) is 0. The molecular weight excluding hydrogens is 318 g/mol. The molecule has 0 fully saturated rings. The third-order valence-corrected chi connectivity index (χ3v) is 5.25. The van der Waals surface area contributed by atoms with Gasteiger partial charge in [-0.3, -0.25) is 4.31 Å². The van der Waals surface area contributed by atoms with Gasteiger partial charge in [0.1, 0.15) is 22.1 Å². The first-order chi connectivity index (χ1) is 10.9. The van der Waals surface area contributed by atoms with Crippen LogP contribution >= 0.6 is 0 Å². The van der Waals surface area contributed by atoms with E-state index >= 15 is 0 Å². The number of nitrogens with zero attached hydrogens (tertiary/aromatic N) is 1. The minimum absolute atomic E-state index is 0.0395. The topological polar surface area (TPSA) is 65.1 Å². The number of sulfonamides is 1. The van der Waals surface area contributed by atoms with Crippen LogP contribution < -0.4 is 18.5 Å². The fourth-order valence-electron chi connectivity index (χ4n) is 2.06. The lowest BCUT2D eigenvalue weighted by molar-refractivity contribution is 0.392. The van der Waals surface area contributed by atoms with Crippen molar-refractivity contribution in [1.82, 2.24) is 0 Å². The largest absolute Gasteiger partial charge is 0.497 e. The highest BCUT2D eigenvalue weighted by Gasteiger charge is 2.26. The molecule has 0 unspecified atom stereocenters. The summed E-state index contributed by atoms with van der Waals surface area (Å²) in [6.07, 6.45) is 0. The molecule has 0 aromatic heterocycles. The van der Waals surface area contributed by atoms with Crippen LogP contribution in [0.3, 0.4) is 0 Å². The Morgan fingerprint density at radius 2 is 1.39 bits per heavy atom. The van der Waals surface area contributed by atoms with Crippen molar-refractivity contribution in [2.75, 3.05) is 32.7 Å². The lowest BCUT2D eigenvalue weighted by Gasteiger charge is -2.21. The second-order valence-corrected chi connectivity index (χ2v) is 6.63. The van der Waals surface area contributed by atoms with E-state index in [0.717, 1.165) is 0 Å². The molecule has 7 heteroatoms. The molecule has 0 atom stereocenters. The zero-order valence-corrected chi connectivity index (χ0v) is 14.3. The third kappa shape index (κ3) is 3.34. The predicted molar refractivity (Wildman–Crippen MR) is 88.1 cm³/mol. The second-order valence-electron chi connectivity index (χ2n) is 4.69. The maximum atomic E-state index is 12.9. The van der Waals surface area contributed by atoms with Crippen molar-refractivity contribution in [3.8, 4) is 17.2 Å². The molecule has 0 bridgehead atoms. The van der Waals surface area contributed by atoms with E-state index in [4.69, 9.17) is 14.2 Å².